The van der Waals surface area contributed by atoms with Crippen LogP contribution in [0.3, 0.4) is 0 Å². The maximum atomic E-state index is 4.56. The van der Waals surface area contributed by atoms with Gasteiger partial charge in [0.05, 0.1) is 10.7 Å². The first-order chi connectivity index (χ1) is 11.1. The van der Waals surface area contributed by atoms with Gasteiger partial charge in [0.2, 0.25) is 0 Å². The molecule has 1 N–H and O–H groups in total. The highest BCUT2D eigenvalue weighted by Gasteiger charge is 2.20. The summed E-state index contributed by atoms with van der Waals surface area (Å²) in [5, 5.41) is 6.87. The van der Waals surface area contributed by atoms with Crippen LogP contribution in [0.2, 0.25) is 0 Å². The Morgan fingerprint density at radius 2 is 2.09 bits per heavy atom. The zero-order chi connectivity index (χ0) is 16.2. The minimum absolute atomic E-state index is 0.480. The van der Waals surface area contributed by atoms with Crippen LogP contribution < -0.4 is 10.2 Å². The second-order valence-corrected chi connectivity index (χ2v) is 7.27. The molecule has 7 heteroatoms. The summed E-state index contributed by atoms with van der Waals surface area (Å²) in [4.78, 5) is 17.6. The van der Waals surface area contributed by atoms with Crippen molar-refractivity contribution < 1.29 is 0 Å². The van der Waals surface area contributed by atoms with Gasteiger partial charge in [0.15, 0.2) is 0 Å². The molecule has 3 rings (SSSR count). The molecule has 0 atom stereocenters. The molecule has 1 saturated heterocycles. The summed E-state index contributed by atoms with van der Waals surface area (Å²) in [5.74, 6) is 1.84. The summed E-state index contributed by atoms with van der Waals surface area (Å²) in [6.45, 7) is 5.23. The van der Waals surface area contributed by atoms with E-state index in [2.05, 4.69) is 37.5 Å². The standard InChI is InChI=1S/C16H24N6S/c1-12-19-14(10-23-12)9-22-6-4-13(5-7-22)20-15-8-16(21(2)3)18-11-17-15/h8,10-11,13H,4-7,9H2,1-3H3,(H,17,18,20). The highest BCUT2D eigenvalue weighted by atomic mass is 32.1. The molecule has 3 heterocycles. The molecule has 1 fully saturated rings. The number of anilines is 2. The summed E-state index contributed by atoms with van der Waals surface area (Å²) in [6.07, 6.45) is 3.88. The smallest absolute Gasteiger partial charge is 0.133 e. The van der Waals surface area contributed by atoms with Crippen LogP contribution in [0.15, 0.2) is 17.8 Å². The van der Waals surface area contributed by atoms with Gasteiger partial charge in [-0.05, 0) is 19.8 Å². The number of rotatable bonds is 5. The molecule has 0 saturated carbocycles. The van der Waals surface area contributed by atoms with Crippen LogP contribution in [0.5, 0.6) is 0 Å². The third-order valence-corrected chi connectivity index (χ3v) is 4.92. The van der Waals surface area contributed by atoms with E-state index in [1.165, 1.54) is 5.69 Å². The van der Waals surface area contributed by atoms with Gasteiger partial charge < -0.3 is 10.2 Å². The lowest BCUT2D eigenvalue weighted by molar-refractivity contribution is 0.209. The lowest BCUT2D eigenvalue weighted by atomic mass is 10.0. The van der Waals surface area contributed by atoms with Crippen LogP contribution in [0.25, 0.3) is 0 Å². The van der Waals surface area contributed by atoms with Crippen LogP contribution in [-0.2, 0) is 6.54 Å². The summed E-state index contributed by atoms with van der Waals surface area (Å²) in [7, 11) is 3.98. The fourth-order valence-electron chi connectivity index (χ4n) is 2.83. The van der Waals surface area contributed by atoms with Crippen LogP contribution in [0.1, 0.15) is 23.5 Å². The Labute approximate surface area is 141 Å². The molecule has 0 aliphatic carbocycles. The quantitative estimate of drug-likeness (QED) is 0.907. The van der Waals surface area contributed by atoms with Crippen molar-refractivity contribution in [2.24, 2.45) is 0 Å². The van der Waals surface area contributed by atoms with Gasteiger partial charge in [-0.2, -0.15) is 0 Å². The summed E-state index contributed by atoms with van der Waals surface area (Å²) >= 11 is 1.73. The van der Waals surface area contributed by atoms with Gasteiger partial charge in [0.25, 0.3) is 0 Å². The zero-order valence-corrected chi connectivity index (χ0v) is 14.8. The largest absolute Gasteiger partial charge is 0.367 e. The van der Waals surface area contributed by atoms with Gasteiger partial charge in [-0.1, -0.05) is 0 Å². The van der Waals surface area contributed by atoms with Gasteiger partial charge in [0.1, 0.15) is 18.0 Å². The molecule has 2 aromatic rings. The number of hydrogen-bond acceptors (Lipinski definition) is 7. The maximum absolute atomic E-state index is 4.56. The minimum Gasteiger partial charge on any atom is -0.367 e. The molecule has 0 spiro atoms. The van der Waals surface area contributed by atoms with E-state index in [9.17, 15) is 0 Å². The third kappa shape index (κ3) is 4.39. The van der Waals surface area contributed by atoms with Gasteiger partial charge in [-0.15, -0.1) is 11.3 Å². The Kier molecular flexibility index (Phi) is 5.07. The third-order valence-electron chi connectivity index (χ3n) is 4.10. The van der Waals surface area contributed by atoms with Crippen LogP contribution in [0.4, 0.5) is 11.6 Å². The molecule has 0 unspecified atom stereocenters. The van der Waals surface area contributed by atoms with Crippen molar-refractivity contribution in [1.82, 2.24) is 19.9 Å². The summed E-state index contributed by atoms with van der Waals surface area (Å²) in [6, 6.07) is 2.48. The number of nitrogens with one attached hydrogen (secondary N) is 1. The Hall–Kier alpha value is -1.73. The monoisotopic (exact) mass is 332 g/mol. The summed E-state index contributed by atoms with van der Waals surface area (Å²) in [5.41, 5.74) is 1.20. The van der Waals surface area contributed by atoms with Gasteiger partial charge in [-0.3, -0.25) is 4.90 Å². The molecule has 0 amide bonds. The molecule has 0 bridgehead atoms. The lowest BCUT2D eigenvalue weighted by Crippen LogP contribution is -2.38. The molecule has 2 aromatic heterocycles. The Morgan fingerprint density at radius 3 is 2.74 bits per heavy atom. The van der Waals surface area contributed by atoms with Crippen LogP contribution in [-0.4, -0.2) is 53.1 Å². The number of aromatic nitrogens is 3. The van der Waals surface area contributed by atoms with E-state index in [-0.39, 0.29) is 0 Å². The average molecular weight is 332 g/mol. The van der Waals surface area contributed by atoms with E-state index >= 15 is 0 Å². The molecule has 124 valence electrons. The second kappa shape index (κ2) is 7.23. The van der Waals surface area contributed by atoms with E-state index in [1.807, 2.05) is 25.1 Å². The number of nitrogens with zero attached hydrogens (tertiary/aromatic N) is 5. The minimum atomic E-state index is 0.480. The molecule has 0 radical (unpaired) electrons. The van der Waals surface area contributed by atoms with Crippen LogP contribution >= 0.6 is 11.3 Å². The second-order valence-electron chi connectivity index (χ2n) is 6.21. The highest BCUT2D eigenvalue weighted by Crippen LogP contribution is 2.19. The van der Waals surface area contributed by atoms with E-state index in [4.69, 9.17) is 0 Å². The van der Waals surface area contributed by atoms with E-state index < -0.39 is 0 Å². The first-order valence-electron chi connectivity index (χ1n) is 7.99. The van der Waals surface area contributed by atoms with E-state index in [1.54, 1.807) is 17.7 Å². The van der Waals surface area contributed by atoms with Crippen molar-refractivity contribution >= 4 is 23.0 Å². The Bertz CT molecular complexity index is 633. The first kappa shape index (κ1) is 16.1. The van der Waals surface area contributed by atoms with Crippen molar-refractivity contribution in [2.45, 2.75) is 32.4 Å². The van der Waals surface area contributed by atoms with Gasteiger partial charge >= 0.3 is 0 Å². The zero-order valence-electron chi connectivity index (χ0n) is 14.0. The van der Waals surface area contributed by atoms with Gasteiger partial charge in [0, 0.05) is 51.2 Å². The first-order valence-corrected chi connectivity index (χ1v) is 8.87. The Morgan fingerprint density at radius 1 is 1.30 bits per heavy atom. The maximum Gasteiger partial charge on any atom is 0.133 e. The summed E-state index contributed by atoms with van der Waals surface area (Å²) < 4.78 is 0. The fraction of sp³-hybridized carbons (Fsp3) is 0.562. The average Bonchev–Trinajstić information content (AvgIpc) is 2.94. The number of piperidine rings is 1. The normalized spacial score (nSPS) is 16.5. The number of hydrogen-bond donors (Lipinski definition) is 1. The van der Waals surface area contributed by atoms with Crippen molar-refractivity contribution in [3.63, 3.8) is 0 Å². The van der Waals surface area contributed by atoms with E-state index in [0.29, 0.717) is 6.04 Å². The van der Waals surface area contributed by atoms with Crippen molar-refractivity contribution in [1.29, 1.82) is 0 Å². The molecule has 1 aliphatic heterocycles. The van der Waals surface area contributed by atoms with E-state index in [0.717, 1.165) is 49.1 Å². The fourth-order valence-corrected chi connectivity index (χ4v) is 3.43. The van der Waals surface area contributed by atoms with Gasteiger partial charge in [-0.25, -0.2) is 15.0 Å². The molecule has 1 aliphatic rings. The highest BCUT2D eigenvalue weighted by molar-refractivity contribution is 7.09. The van der Waals surface area contributed by atoms with Crippen LogP contribution in [0, 0.1) is 6.92 Å². The molecule has 0 aromatic carbocycles. The Balaban J connectivity index is 1.50. The lowest BCUT2D eigenvalue weighted by Gasteiger charge is -2.32. The molecule has 6 nitrogen and oxygen atoms in total. The molecular formula is C16H24N6S. The number of thiazole rings is 1. The topological polar surface area (TPSA) is 57.2 Å². The van der Waals surface area contributed by atoms with Crippen molar-refractivity contribution in [3.8, 4) is 0 Å². The SMILES string of the molecule is Cc1nc(CN2CCC(Nc3cc(N(C)C)ncn3)CC2)cs1. The molecule has 23 heavy (non-hydrogen) atoms. The number of aryl methyl sites for hydroxylation is 1. The van der Waals surface area contributed by atoms with Crippen molar-refractivity contribution in [3.05, 3.63) is 28.5 Å². The predicted octanol–water partition coefficient (Wildman–Crippen LogP) is 2.38. The number of likely N-dealkylation sites (tertiary alicyclic amines) is 1. The van der Waals surface area contributed by atoms with Crippen molar-refractivity contribution in [2.75, 3.05) is 37.4 Å². The predicted molar refractivity (Wildman–Crippen MR) is 95.1 cm³/mol. The molecular weight excluding hydrogens is 308 g/mol.